The summed E-state index contributed by atoms with van der Waals surface area (Å²) in [7, 11) is 0. The van der Waals surface area contributed by atoms with Gasteiger partial charge in [0.2, 0.25) is 0 Å². The van der Waals surface area contributed by atoms with Crippen molar-refractivity contribution in [1.29, 1.82) is 0 Å². The first-order chi connectivity index (χ1) is 12.3. The second kappa shape index (κ2) is 13.0. The highest BCUT2D eigenvalue weighted by atomic mass is 127. The Morgan fingerprint density at radius 3 is 2.58 bits per heavy atom. The molecule has 1 aromatic carbocycles. The lowest BCUT2D eigenvalue weighted by molar-refractivity contribution is 0.297. The van der Waals surface area contributed by atoms with E-state index in [1.54, 1.807) is 0 Å². The molecule has 26 heavy (non-hydrogen) atoms. The highest BCUT2D eigenvalue weighted by Gasteiger charge is 2.11. The number of nitrogens with one attached hydrogen (secondary N) is 2. The molecule has 0 saturated heterocycles. The van der Waals surface area contributed by atoms with Gasteiger partial charge in [-0.2, -0.15) is 0 Å². The van der Waals surface area contributed by atoms with Crippen molar-refractivity contribution >= 4 is 35.6 Å². The second-order valence-electron chi connectivity index (χ2n) is 6.03. The minimum Gasteiger partial charge on any atom is -0.490 e. The number of likely N-dealkylation sites (N-methyl/N-ethyl adjacent to an activating group) is 1. The van der Waals surface area contributed by atoms with E-state index >= 15 is 0 Å². The van der Waals surface area contributed by atoms with Crippen molar-refractivity contribution in [2.24, 2.45) is 4.99 Å². The summed E-state index contributed by atoms with van der Waals surface area (Å²) in [5.74, 6) is 2.39. The lowest BCUT2D eigenvalue weighted by Crippen LogP contribution is -2.32. The molecule has 0 unspecified atom stereocenters. The van der Waals surface area contributed by atoms with Crippen molar-refractivity contribution in [3.63, 3.8) is 0 Å². The van der Waals surface area contributed by atoms with Crippen molar-refractivity contribution in [2.45, 2.75) is 33.6 Å². The number of hydrogen-bond acceptors (Lipinski definition) is 4. The predicted molar refractivity (Wildman–Crippen MR) is 119 cm³/mol. The molecule has 0 aliphatic carbocycles. The van der Waals surface area contributed by atoms with Gasteiger partial charge in [-0.25, -0.2) is 0 Å². The first kappa shape index (κ1) is 22.8. The zero-order valence-corrected chi connectivity index (χ0v) is 18.5. The molecular formula is C19H33IN4O2. The first-order valence-corrected chi connectivity index (χ1v) is 9.44. The van der Waals surface area contributed by atoms with Crippen molar-refractivity contribution in [2.75, 3.05) is 51.3 Å². The first-order valence-electron chi connectivity index (χ1n) is 9.44. The lowest BCUT2D eigenvalue weighted by Gasteiger charge is -2.18. The predicted octanol–water partition coefficient (Wildman–Crippen LogP) is 3.58. The summed E-state index contributed by atoms with van der Waals surface area (Å²) in [4.78, 5) is 7.11. The standard InChI is InChI=1S/C19H32N4O2.HI/c1-4-11-23(6-3)12-10-21-19(20-5-2)22-16-8-9-17-18(15-16)25-14-7-13-24-17;/h8-9,15H,4-7,10-14H2,1-3H3,(H2,20,21,22);1H. The van der Waals surface area contributed by atoms with Gasteiger partial charge in [-0.3, -0.25) is 4.99 Å². The highest BCUT2D eigenvalue weighted by Crippen LogP contribution is 2.32. The van der Waals surface area contributed by atoms with Crippen molar-refractivity contribution in [3.05, 3.63) is 18.2 Å². The largest absolute Gasteiger partial charge is 0.490 e. The van der Waals surface area contributed by atoms with E-state index in [0.717, 1.165) is 62.3 Å². The minimum absolute atomic E-state index is 0. The fourth-order valence-electron chi connectivity index (χ4n) is 2.73. The molecule has 1 aliphatic heterocycles. The van der Waals surface area contributed by atoms with Crippen LogP contribution in [0.5, 0.6) is 11.5 Å². The van der Waals surface area contributed by atoms with Gasteiger partial charge in [0, 0.05) is 31.3 Å². The third kappa shape index (κ3) is 7.57. The van der Waals surface area contributed by atoms with E-state index in [1.165, 1.54) is 6.42 Å². The maximum atomic E-state index is 5.75. The summed E-state index contributed by atoms with van der Waals surface area (Å²) in [5.41, 5.74) is 0.949. The molecule has 0 amide bonds. The van der Waals surface area contributed by atoms with Gasteiger partial charge < -0.3 is 25.0 Å². The van der Waals surface area contributed by atoms with Gasteiger partial charge in [-0.15, -0.1) is 24.0 Å². The number of halogens is 1. The normalized spacial score (nSPS) is 13.8. The quantitative estimate of drug-likeness (QED) is 0.341. The zero-order chi connectivity index (χ0) is 17.9. The molecule has 7 heteroatoms. The summed E-state index contributed by atoms with van der Waals surface area (Å²) < 4.78 is 11.4. The molecule has 1 aliphatic rings. The Hall–Kier alpha value is -1.22. The SMILES string of the molecule is CCCN(CC)CCN=C(NCC)Nc1ccc2c(c1)OCCCO2.I. The number of ether oxygens (including phenoxy) is 2. The Kier molecular flexibility index (Phi) is 11.4. The van der Waals surface area contributed by atoms with Crippen LogP contribution in [0.1, 0.15) is 33.6 Å². The Bertz CT molecular complexity index is 554. The molecular weight excluding hydrogens is 443 g/mol. The third-order valence-electron chi connectivity index (χ3n) is 4.03. The molecule has 2 rings (SSSR count). The number of nitrogens with zero attached hydrogens (tertiary/aromatic N) is 2. The Labute approximate surface area is 174 Å². The zero-order valence-electron chi connectivity index (χ0n) is 16.2. The van der Waals surface area contributed by atoms with Crippen molar-refractivity contribution in [3.8, 4) is 11.5 Å². The van der Waals surface area contributed by atoms with Crippen LogP contribution in [0.15, 0.2) is 23.2 Å². The number of guanidine groups is 1. The molecule has 0 radical (unpaired) electrons. The van der Waals surface area contributed by atoms with Gasteiger partial charge in [0.25, 0.3) is 0 Å². The van der Waals surface area contributed by atoms with Crippen LogP contribution in [0.4, 0.5) is 5.69 Å². The monoisotopic (exact) mass is 476 g/mol. The van der Waals surface area contributed by atoms with Crippen LogP contribution in [-0.2, 0) is 0 Å². The number of rotatable bonds is 8. The van der Waals surface area contributed by atoms with Gasteiger partial charge in [0.1, 0.15) is 0 Å². The molecule has 0 fully saturated rings. The number of hydrogen-bond donors (Lipinski definition) is 2. The summed E-state index contributed by atoms with van der Waals surface area (Å²) in [6.07, 6.45) is 2.08. The van der Waals surface area contributed by atoms with Gasteiger partial charge in [-0.1, -0.05) is 13.8 Å². The lowest BCUT2D eigenvalue weighted by atomic mass is 10.3. The Balaban J connectivity index is 0.00000338. The summed E-state index contributed by atoms with van der Waals surface area (Å²) in [5, 5.41) is 6.65. The summed E-state index contributed by atoms with van der Waals surface area (Å²) >= 11 is 0. The van der Waals surface area contributed by atoms with E-state index in [0.29, 0.717) is 13.2 Å². The fraction of sp³-hybridized carbons (Fsp3) is 0.632. The number of benzene rings is 1. The van der Waals surface area contributed by atoms with E-state index in [-0.39, 0.29) is 24.0 Å². The fourth-order valence-corrected chi connectivity index (χ4v) is 2.73. The van der Waals surface area contributed by atoms with E-state index < -0.39 is 0 Å². The summed E-state index contributed by atoms with van der Waals surface area (Å²) in [6.45, 7) is 12.6. The van der Waals surface area contributed by atoms with Crippen LogP contribution < -0.4 is 20.1 Å². The van der Waals surface area contributed by atoms with Gasteiger partial charge in [0.05, 0.1) is 19.8 Å². The van der Waals surface area contributed by atoms with Crippen molar-refractivity contribution < 1.29 is 9.47 Å². The maximum Gasteiger partial charge on any atom is 0.195 e. The van der Waals surface area contributed by atoms with Gasteiger partial charge in [-0.05, 0) is 38.6 Å². The molecule has 1 aromatic rings. The average Bonchev–Trinajstić information content (AvgIpc) is 2.86. The number of fused-ring (bicyclic) bond motifs is 1. The van der Waals surface area contributed by atoms with Crippen LogP contribution in [0.2, 0.25) is 0 Å². The molecule has 2 N–H and O–H groups in total. The minimum atomic E-state index is 0. The highest BCUT2D eigenvalue weighted by molar-refractivity contribution is 14.0. The third-order valence-corrected chi connectivity index (χ3v) is 4.03. The van der Waals surface area contributed by atoms with Crippen molar-refractivity contribution in [1.82, 2.24) is 10.2 Å². The molecule has 148 valence electrons. The molecule has 0 atom stereocenters. The Morgan fingerprint density at radius 2 is 1.88 bits per heavy atom. The molecule has 1 heterocycles. The van der Waals surface area contributed by atoms with Crippen LogP contribution in [0, 0.1) is 0 Å². The van der Waals surface area contributed by atoms with E-state index in [2.05, 4.69) is 36.3 Å². The topological polar surface area (TPSA) is 58.1 Å². The molecule has 6 nitrogen and oxygen atoms in total. The van der Waals surface area contributed by atoms with Crippen LogP contribution >= 0.6 is 24.0 Å². The number of aliphatic imine (C=N–C) groups is 1. The molecule has 0 spiro atoms. The molecule has 0 aromatic heterocycles. The summed E-state index contributed by atoms with van der Waals surface area (Å²) in [6, 6.07) is 5.92. The molecule has 0 bridgehead atoms. The smallest absolute Gasteiger partial charge is 0.195 e. The van der Waals surface area contributed by atoms with Crippen LogP contribution in [-0.4, -0.2) is 56.8 Å². The van der Waals surface area contributed by atoms with E-state index in [9.17, 15) is 0 Å². The number of anilines is 1. The van der Waals surface area contributed by atoms with Gasteiger partial charge >= 0.3 is 0 Å². The van der Waals surface area contributed by atoms with Gasteiger partial charge in [0.15, 0.2) is 17.5 Å². The van der Waals surface area contributed by atoms with E-state index in [4.69, 9.17) is 14.5 Å². The van der Waals surface area contributed by atoms with Crippen LogP contribution in [0.3, 0.4) is 0 Å². The molecule has 0 saturated carbocycles. The second-order valence-corrected chi connectivity index (χ2v) is 6.03. The van der Waals surface area contributed by atoms with Crippen LogP contribution in [0.25, 0.3) is 0 Å². The Morgan fingerprint density at radius 1 is 1.12 bits per heavy atom. The maximum absolute atomic E-state index is 5.75. The average molecular weight is 476 g/mol. The van der Waals surface area contributed by atoms with E-state index in [1.807, 2.05) is 18.2 Å².